The lowest BCUT2D eigenvalue weighted by atomic mass is 10.0. The Morgan fingerprint density at radius 1 is 0.600 bits per heavy atom. The zero-order valence-electron chi connectivity index (χ0n) is 17.2. The minimum atomic E-state index is -0.242. The van der Waals surface area contributed by atoms with E-state index in [0.717, 1.165) is 11.4 Å². The van der Waals surface area contributed by atoms with Crippen LogP contribution in [-0.2, 0) is 9.47 Å². The molecule has 2 fully saturated rings. The molecule has 3 heterocycles. The number of rotatable bonds is 4. The van der Waals surface area contributed by atoms with Crippen molar-refractivity contribution in [3.63, 3.8) is 0 Å². The summed E-state index contributed by atoms with van der Waals surface area (Å²) >= 11 is 0. The SMILES string of the molecule is C[C@H]1NC(c2cccc(C3N[C@H](C)[C@@H](c4ccccc4)O3)n2)O[C@@H]1c1ccccc1. The smallest absolute Gasteiger partial charge is 0.152 e. The molecule has 6 atom stereocenters. The predicted octanol–water partition coefficient (Wildman–Crippen LogP) is 4.58. The Hall–Kier alpha value is -2.57. The third kappa shape index (κ3) is 3.77. The van der Waals surface area contributed by atoms with Crippen LogP contribution in [0.2, 0.25) is 0 Å². The molecule has 0 spiro atoms. The number of ether oxygens (including phenoxy) is 2. The van der Waals surface area contributed by atoms with E-state index in [0.29, 0.717) is 0 Å². The van der Waals surface area contributed by atoms with Gasteiger partial charge in [-0.1, -0.05) is 66.7 Å². The quantitative estimate of drug-likeness (QED) is 0.670. The van der Waals surface area contributed by atoms with Gasteiger partial charge in [0, 0.05) is 12.1 Å². The number of nitrogens with zero attached hydrogens (tertiary/aromatic N) is 1. The number of nitrogens with one attached hydrogen (secondary N) is 2. The largest absolute Gasteiger partial charge is 0.348 e. The summed E-state index contributed by atoms with van der Waals surface area (Å²) in [6.45, 7) is 4.30. The maximum absolute atomic E-state index is 6.34. The zero-order valence-corrected chi connectivity index (χ0v) is 17.2. The van der Waals surface area contributed by atoms with Gasteiger partial charge in [-0.05, 0) is 37.1 Å². The Morgan fingerprint density at radius 3 is 1.47 bits per heavy atom. The molecule has 2 aliphatic rings. The Bertz CT molecular complexity index is 905. The number of aromatic nitrogens is 1. The molecular weight excluding hydrogens is 374 g/mol. The highest BCUT2D eigenvalue weighted by Gasteiger charge is 2.36. The van der Waals surface area contributed by atoms with Crippen molar-refractivity contribution < 1.29 is 9.47 Å². The van der Waals surface area contributed by atoms with E-state index in [1.165, 1.54) is 11.1 Å². The second kappa shape index (κ2) is 8.28. The number of pyridine rings is 1. The van der Waals surface area contributed by atoms with Gasteiger partial charge in [-0.3, -0.25) is 10.6 Å². The highest BCUT2D eigenvalue weighted by molar-refractivity contribution is 5.24. The third-order valence-corrected chi connectivity index (χ3v) is 5.89. The molecule has 0 radical (unpaired) electrons. The first-order chi connectivity index (χ1) is 14.7. The van der Waals surface area contributed by atoms with Gasteiger partial charge >= 0.3 is 0 Å². The van der Waals surface area contributed by atoms with Crippen molar-refractivity contribution in [3.05, 3.63) is 101 Å². The normalized spacial score (nSPS) is 31.1. The first kappa shape index (κ1) is 19.4. The van der Waals surface area contributed by atoms with Crippen molar-refractivity contribution in [1.82, 2.24) is 15.6 Å². The Kier molecular flexibility index (Phi) is 5.35. The van der Waals surface area contributed by atoms with Crippen molar-refractivity contribution in [2.24, 2.45) is 0 Å². The first-order valence-electron chi connectivity index (χ1n) is 10.6. The van der Waals surface area contributed by atoms with Gasteiger partial charge in [0.25, 0.3) is 0 Å². The van der Waals surface area contributed by atoms with Crippen LogP contribution in [0.25, 0.3) is 0 Å². The van der Waals surface area contributed by atoms with Gasteiger partial charge in [0.15, 0.2) is 12.5 Å². The van der Waals surface area contributed by atoms with Gasteiger partial charge in [0.05, 0.1) is 11.4 Å². The lowest BCUT2D eigenvalue weighted by molar-refractivity contribution is 0.0277. The molecule has 2 aliphatic heterocycles. The fourth-order valence-electron chi connectivity index (χ4n) is 4.35. The molecule has 5 nitrogen and oxygen atoms in total. The minimum Gasteiger partial charge on any atom is -0.348 e. The van der Waals surface area contributed by atoms with Crippen LogP contribution in [0.1, 0.15) is 61.0 Å². The zero-order chi connectivity index (χ0) is 20.5. The summed E-state index contributed by atoms with van der Waals surface area (Å²) in [7, 11) is 0. The number of hydrogen-bond acceptors (Lipinski definition) is 5. The third-order valence-electron chi connectivity index (χ3n) is 5.89. The van der Waals surface area contributed by atoms with Crippen LogP contribution in [0.5, 0.6) is 0 Å². The van der Waals surface area contributed by atoms with E-state index in [2.05, 4.69) is 48.7 Å². The summed E-state index contributed by atoms with van der Waals surface area (Å²) in [6, 6.07) is 27.1. The molecule has 0 amide bonds. The van der Waals surface area contributed by atoms with Crippen LogP contribution >= 0.6 is 0 Å². The molecule has 0 saturated carbocycles. The lowest BCUT2D eigenvalue weighted by Crippen LogP contribution is -2.26. The maximum Gasteiger partial charge on any atom is 0.152 e. The Morgan fingerprint density at radius 2 is 1.03 bits per heavy atom. The molecule has 2 N–H and O–H groups in total. The molecule has 2 unspecified atom stereocenters. The van der Waals surface area contributed by atoms with Crippen LogP contribution in [0, 0.1) is 0 Å². The molecule has 2 saturated heterocycles. The summed E-state index contributed by atoms with van der Waals surface area (Å²) in [6.07, 6.45) is -0.474. The van der Waals surface area contributed by atoms with E-state index in [4.69, 9.17) is 14.5 Å². The average Bonchev–Trinajstić information content (AvgIpc) is 3.38. The van der Waals surface area contributed by atoms with E-state index < -0.39 is 0 Å². The topological polar surface area (TPSA) is 55.4 Å². The van der Waals surface area contributed by atoms with Crippen molar-refractivity contribution in [2.45, 2.75) is 50.6 Å². The monoisotopic (exact) mass is 401 g/mol. The van der Waals surface area contributed by atoms with Gasteiger partial charge < -0.3 is 9.47 Å². The predicted molar refractivity (Wildman–Crippen MR) is 115 cm³/mol. The van der Waals surface area contributed by atoms with Gasteiger partial charge in [-0.2, -0.15) is 0 Å². The highest BCUT2D eigenvalue weighted by Crippen LogP contribution is 2.36. The Balaban J connectivity index is 1.33. The summed E-state index contributed by atoms with van der Waals surface area (Å²) in [5.74, 6) is 0. The summed E-state index contributed by atoms with van der Waals surface area (Å²) in [5, 5.41) is 7.07. The molecule has 154 valence electrons. The van der Waals surface area contributed by atoms with Gasteiger partial charge in [-0.15, -0.1) is 0 Å². The summed E-state index contributed by atoms with van der Waals surface area (Å²) in [5.41, 5.74) is 4.10. The van der Waals surface area contributed by atoms with Gasteiger partial charge in [0.2, 0.25) is 0 Å². The molecule has 30 heavy (non-hydrogen) atoms. The minimum absolute atomic E-state index is 0.00462. The van der Waals surface area contributed by atoms with Crippen molar-refractivity contribution in [1.29, 1.82) is 0 Å². The molecule has 2 aromatic carbocycles. The van der Waals surface area contributed by atoms with E-state index >= 15 is 0 Å². The van der Waals surface area contributed by atoms with E-state index in [1.54, 1.807) is 0 Å². The van der Waals surface area contributed by atoms with Gasteiger partial charge in [-0.25, -0.2) is 4.98 Å². The standard InChI is InChI=1S/C25H27N3O2/c1-16-22(18-10-5-3-6-11-18)29-24(26-16)20-14-9-15-21(28-20)25-27-17(2)23(30-25)19-12-7-4-8-13-19/h3-17,22-27H,1-2H3/t16-,17-,22+,23+,24?,25?/m1/s1. The number of benzene rings is 2. The fraction of sp³-hybridized carbons (Fsp3) is 0.320. The Labute approximate surface area is 177 Å². The summed E-state index contributed by atoms with van der Waals surface area (Å²) in [4.78, 5) is 4.89. The molecule has 0 aliphatic carbocycles. The second-order valence-corrected chi connectivity index (χ2v) is 8.09. The molecule has 1 aromatic heterocycles. The van der Waals surface area contributed by atoms with Crippen LogP contribution in [0.15, 0.2) is 78.9 Å². The maximum atomic E-state index is 6.34. The molecular formula is C25H27N3O2. The van der Waals surface area contributed by atoms with Crippen molar-refractivity contribution in [3.8, 4) is 0 Å². The van der Waals surface area contributed by atoms with Crippen LogP contribution in [0.4, 0.5) is 0 Å². The molecule has 0 bridgehead atoms. The van der Waals surface area contributed by atoms with E-state index in [1.807, 2.05) is 54.6 Å². The van der Waals surface area contributed by atoms with Crippen molar-refractivity contribution in [2.75, 3.05) is 0 Å². The highest BCUT2D eigenvalue weighted by atomic mass is 16.5. The van der Waals surface area contributed by atoms with E-state index in [-0.39, 0.29) is 36.7 Å². The first-order valence-corrected chi connectivity index (χ1v) is 10.6. The van der Waals surface area contributed by atoms with Crippen LogP contribution in [-0.4, -0.2) is 17.1 Å². The van der Waals surface area contributed by atoms with Crippen molar-refractivity contribution >= 4 is 0 Å². The molecule has 3 aromatic rings. The number of hydrogen-bond donors (Lipinski definition) is 2. The van der Waals surface area contributed by atoms with Crippen LogP contribution < -0.4 is 10.6 Å². The van der Waals surface area contributed by atoms with Crippen LogP contribution in [0.3, 0.4) is 0 Å². The van der Waals surface area contributed by atoms with E-state index in [9.17, 15) is 0 Å². The van der Waals surface area contributed by atoms with Gasteiger partial charge in [0.1, 0.15) is 12.2 Å². The molecule has 5 heteroatoms. The fourth-order valence-corrected chi connectivity index (χ4v) is 4.35. The lowest BCUT2D eigenvalue weighted by Gasteiger charge is -2.16. The average molecular weight is 402 g/mol. The molecule has 5 rings (SSSR count). The second-order valence-electron chi connectivity index (χ2n) is 8.09. The summed E-state index contributed by atoms with van der Waals surface area (Å²) < 4.78 is 12.7.